The smallest absolute Gasteiger partial charge is 0.356 e. The Morgan fingerprint density at radius 2 is 1.92 bits per heavy atom. The molecule has 0 fully saturated rings. The summed E-state index contributed by atoms with van der Waals surface area (Å²) in [6.07, 6.45) is 5.08. The van der Waals surface area contributed by atoms with E-state index >= 15 is 0 Å². The van der Waals surface area contributed by atoms with E-state index in [9.17, 15) is 9.59 Å². The van der Waals surface area contributed by atoms with Crippen LogP contribution in [0.15, 0.2) is 55.0 Å². The highest BCUT2D eigenvalue weighted by molar-refractivity contribution is 5.90. The third-order valence-corrected chi connectivity index (χ3v) is 3.53. The lowest BCUT2D eigenvalue weighted by molar-refractivity contribution is -0.116. The molecule has 0 spiro atoms. The summed E-state index contributed by atoms with van der Waals surface area (Å²) in [5, 5.41) is 19.7. The van der Waals surface area contributed by atoms with Gasteiger partial charge in [0, 0.05) is 25.4 Å². The highest BCUT2D eigenvalue weighted by atomic mass is 16.4. The van der Waals surface area contributed by atoms with Crippen molar-refractivity contribution in [2.45, 2.75) is 19.5 Å². The fraction of sp³-hybridized carbons (Fsp3) is 0.176. The van der Waals surface area contributed by atoms with Crippen molar-refractivity contribution in [3.05, 3.63) is 66.2 Å². The topological polar surface area (TPSA) is 102 Å². The van der Waals surface area contributed by atoms with Crippen molar-refractivity contribution in [3.63, 3.8) is 0 Å². The van der Waals surface area contributed by atoms with E-state index in [1.165, 1.54) is 16.9 Å². The average molecular weight is 339 g/mol. The summed E-state index contributed by atoms with van der Waals surface area (Å²) in [6.45, 7) is 0.930. The van der Waals surface area contributed by atoms with Gasteiger partial charge in [0.2, 0.25) is 5.91 Å². The van der Waals surface area contributed by atoms with E-state index in [1.807, 2.05) is 30.3 Å². The van der Waals surface area contributed by atoms with Crippen molar-refractivity contribution in [2.75, 3.05) is 5.32 Å². The van der Waals surface area contributed by atoms with E-state index in [0.717, 1.165) is 5.56 Å². The summed E-state index contributed by atoms with van der Waals surface area (Å²) >= 11 is 0. The molecule has 3 rings (SSSR count). The highest BCUT2D eigenvalue weighted by Crippen LogP contribution is 2.08. The molecule has 0 saturated heterocycles. The van der Waals surface area contributed by atoms with E-state index in [1.54, 1.807) is 17.1 Å². The SMILES string of the molecule is O=C(CCn1ccc(C(=O)O)n1)Nc1cnn(Cc2ccccc2)c1. The predicted octanol–water partition coefficient (Wildman–Crippen LogP) is 1.85. The van der Waals surface area contributed by atoms with Crippen LogP contribution >= 0.6 is 0 Å². The van der Waals surface area contributed by atoms with E-state index in [4.69, 9.17) is 5.11 Å². The number of hydrogen-bond donors (Lipinski definition) is 2. The van der Waals surface area contributed by atoms with Gasteiger partial charge in [-0.05, 0) is 11.6 Å². The van der Waals surface area contributed by atoms with E-state index < -0.39 is 5.97 Å². The standard InChI is InChI=1S/C17H17N5O3/c23-16(7-9-21-8-6-15(20-21)17(24)25)19-14-10-18-22(12-14)11-13-4-2-1-3-5-13/h1-6,8,10,12H,7,9,11H2,(H,19,23)(H,24,25). The van der Waals surface area contributed by atoms with Crippen LogP contribution in [0.25, 0.3) is 0 Å². The Kier molecular flexibility index (Phi) is 4.89. The van der Waals surface area contributed by atoms with Crippen molar-refractivity contribution in [3.8, 4) is 0 Å². The average Bonchev–Trinajstić information content (AvgIpc) is 3.23. The summed E-state index contributed by atoms with van der Waals surface area (Å²) in [5.41, 5.74) is 1.70. The Bertz CT molecular complexity index is 869. The number of nitrogens with one attached hydrogen (secondary N) is 1. The van der Waals surface area contributed by atoms with Gasteiger partial charge in [0.1, 0.15) is 0 Å². The molecule has 0 aliphatic heterocycles. The largest absolute Gasteiger partial charge is 0.476 e. The van der Waals surface area contributed by atoms with Gasteiger partial charge in [-0.25, -0.2) is 4.79 Å². The molecule has 8 heteroatoms. The number of carbonyl (C=O) groups excluding carboxylic acids is 1. The van der Waals surface area contributed by atoms with Crippen molar-refractivity contribution >= 4 is 17.6 Å². The maximum Gasteiger partial charge on any atom is 0.356 e. The molecule has 0 atom stereocenters. The van der Waals surface area contributed by atoms with E-state index in [-0.39, 0.29) is 18.0 Å². The fourth-order valence-electron chi connectivity index (χ4n) is 2.32. The number of hydrogen-bond acceptors (Lipinski definition) is 4. The zero-order valence-electron chi connectivity index (χ0n) is 13.4. The van der Waals surface area contributed by atoms with Gasteiger partial charge in [-0.2, -0.15) is 10.2 Å². The number of anilines is 1. The van der Waals surface area contributed by atoms with Crippen LogP contribution in [0.2, 0.25) is 0 Å². The molecule has 25 heavy (non-hydrogen) atoms. The monoisotopic (exact) mass is 339 g/mol. The van der Waals surface area contributed by atoms with Crippen LogP contribution in [0.3, 0.4) is 0 Å². The molecule has 2 aromatic heterocycles. The van der Waals surface area contributed by atoms with Gasteiger partial charge in [0.05, 0.1) is 18.4 Å². The van der Waals surface area contributed by atoms with Crippen molar-refractivity contribution in [1.29, 1.82) is 0 Å². The lowest BCUT2D eigenvalue weighted by Crippen LogP contribution is -2.14. The van der Waals surface area contributed by atoms with Gasteiger partial charge in [-0.15, -0.1) is 0 Å². The van der Waals surface area contributed by atoms with Crippen molar-refractivity contribution in [2.24, 2.45) is 0 Å². The second-order valence-corrected chi connectivity index (χ2v) is 5.48. The molecule has 0 aliphatic rings. The molecule has 3 aromatic rings. The van der Waals surface area contributed by atoms with Gasteiger partial charge in [0.25, 0.3) is 0 Å². The number of carboxylic acids is 1. The predicted molar refractivity (Wildman–Crippen MR) is 90.2 cm³/mol. The maximum absolute atomic E-state index is 12.0. The number of benzene rings is 1. The Hall–Kier alpha value is -3.42. The molecule has 1 aromatic carbocycles. The second kappa shape index (κ2) is 7.43. The minimum atomic E-state index is -1.09. The number of aromatic nitrogens is 4. The number of nitrogens with zero attached hydrogens (tertiary/aromatic N) is 4. The first-order chi connectivity index (χ1) is 12.1. The zero-order chi connectivity index (χ0) is 17.6. The molecule has 0 bridgehead atoms. The minimum absolute atomic E-state index is 0.0393. The summed E-state index contributed by atoms with van der Waals surface area (Å²) in [5.74, 6) is -1.28. The number of aryl methyl sites for hydroxylation is 1. The Morgan fingerprint density at radius 1 is 1.12 bits per heavy atom. The van der Waals surface area contributed by atoms with E-state index in [2.05, 4.69) is 15.5 Å². The van der Waals surface area contributed by atoms with Crippen LogP contribution in [0.5, 0.6) is 0 Å². The van der Waals surface area contributed by atoms with Crippen LogP contribution in [0.4, 0.5) is 5.69 Å². The molecular formula is C17H17N5O3. The summed E-state index contributed by atoms with van der Waals surface area (Å²) in [4.78, 5) is 22.8. The van der Waals surface area contributed by atoms with Crippen LogP contribution < -0.4 is 5.32 Å². The van der Waals surface area contributed by atoms with Crippen LogP contribution in [0, 0.1) is 0 Å². The Balaban J connectivity index is 1.50. The van der Waals surface area contributed by atoms with Gasteiger partial charge >= 0.3 is 5.97 Å². The summed E-state index contributed by atoms with van der Waals surface area (Å²) in [6, 6.07) is 11.3. The number of carbonyl (C=O) groups is 2. The third-order valence-electron chi connectivity index (χ3n) is 3.53. The number of rotatable bonds is 7. The minimum Gasteiger partial charge on any atom is -0.476 e. The van der Waals surface area contributed by atoms with Crippen LogP contribution in [-0.4, -0.2) is 36.5 Å². The van der Waals surface area contributed by atoms with Crippen LogP contribution in [-0.2, 0) is 17.9 Å². The molecule has 0 aliphatic carbocycles. The zero-order valence-corrected chi connectivity index (χ0v) is 13.4. The molecule has 2 N–H and O–H groups in total. The number of carboxylic acid groups (broad SMARTS) is 1. The Morgan fingerprint density at radius 3 is 2.64 bits per heavy atom. The molecule has 0 unspecified atom stereocenters. The lowest BCUT2D eigenvalue weighted by Gasteiger charge is -2.03. The van der Waals surface area contributed by atoms with Gasteiger partial charge in [0.15, 0.2) is 5.69 Å². The second-order valence-electron chi connectivity index (χ2n) is 5.48. The van der Waals surface area contributed by atoms with E-state index in [0.29, 0.717) is 18.8 Å². The van der Waals surface area contributed by atoms with Gasteiger partial charge in [-0.1, -0.05) is 30.3 Å². The Labute approximate surface area is 143 Å². The number of amides is 1. The quantitative estimate of drug-likeness (QED) is 0.684. The first kappa shape index (κ1) is 16.4. The first-order valence-electron chi connectivity index (χ1n) is 7.73. The molecule has 128 valence electrons. The fourth-order valence-corrected chi connectivity index (χ4v) is 2.32. The molecule has 8 nitrogen and oxygen atoms in total. The first-order valence-corrected chi connectivity index (χ1v) is 7.73. The molecular weight excluding hydrogens is 322 g/mol. The van der Waals surface area contributed by atoms with Crippen molar-refractivity contribution in [1.82, 2.24) is 19.6 Å². The molecule has 1 amide bonds. The third kappa shape index (κ3) is 4.54. The van der Waals surface area contributed by atoms with Crippen molar-refractivity contribution < 1.29 is 14.7 Å². The maximum atomic E-state index is 12.0. The molecule has 0 saturated carbocycles. The summed E-state index contributed by atoms with van der Waals surface area (Å²) in [7, 11) is 0. The molecule has 2 heterocycles. The number of aromatic carboxylic acids is 1. The lowest BCUT2D eigenvalue weighted by atomic mass is 10.2. The molecule has 0 radical (unpaired) electrons. The summed E-state index contributed by atoms with van der Waals surface area (Å²) < 4.78 is 3.18. The van der Waals surface area contributed by atoms with Gasteiger partial charge in [-0.3, -0.25) is 14.2 Å². The van der Waals surface area contributed by atoms with Gasteiger partial charge < -0.3 is 10.4 Å². The normalized spacial score (nSPS) is 10.6. The highest BCUT2D eigenvalue weighted by Gasteiger charge is 2.09. The van der Waals surface area contributed by atoms with Crippen LogP contribution in [0.1, 0.15) is 22.5 Å².